The van der Waals surface area contributed by atoms with Crippen LogP contribution in [0.2, 0.25) is 0 Å². The van der Waals surface area contributed by atoms with Gasteiger partial charge < -0.3 is 16.4 Å². The van der Waals surface area contributed by atoms with Crippen molar-refractivity contribution in [2.75, 3.05) is 5.32 Å². The molecule has 3 amide bonds. The maximum atomic E-state index is 13.8. The van der Waals surface area contributed by atoms with Gasteiger partial charge in [0, 0.05) is 16.8 Å². The Hall–Kier alpha value is -1.96. The predicted molar refractivity (Wildman–Crippen MR) is 97.5 cm³/mol. The van der Waals surface area contributed by atoms with Crippen LogP contribution in [0.5, 0.6) is 0 Å². The van der Waals surface area contributed by atoms with E-state index >= 15 is 0 Å². The third kappa shape index (κ3) is 7.21. The number of anilines is 1. The molecule has 0 fully saturated rings. The lowest BCUT2D eigenvalue weighted by atomic mass is 9.94. The fourth-order valence-electron chi connectivity index (χ4n) is 2.19. The van der Waals surface area contributed by atoms with Gasteiger partial charge in [-0.05, 0) is 30.5 Å². The van der Waals surface area contributed by atoms with E-state index in [0.29, 0.717) is 10.9 Å². The standard InChI is InChI=1S/C17H23BrFN3O3/c1-9(2)6-14(15(23)7-10(3)16(20)24)22-17(25)21-13-5-4-11(18)8-12(13)19/h4-5,8-10,14H,6-7H2,1-3H3,(H2,20,24)(H2,21,22,25)/t10-,14+/m1/s1. The van der Waals surface area contributed by atoms with Gasteiger partial charge in [0.05, 0.1) is 11.7 Å². The lowest BCUT2D eigenvalue weighted by Gasteiger charge is -2.21. The number of amides is 3. The molecule has 0 bridgehead atoms. The van der Waals surface area contributed by atoms with Crippen LogP contribution >= 0.6 is 15.9 Å². The number of hydrogen-bond donors (Lipinski definition) is 3. The molecule has 2 atom stereocenters. The summed E-state index contributed by atoms with van der Waals surface area (Å²) in [6, 6.07) is 2.76. The van der Waals surface area contributed by atoms with Crippen molar-refractivity contribution in [3.8, 4) is 0 Å². The molecule has 4 N–H and O–H groups in total. The molecule has 0 aliphatic heterocycles. The molecule has 0 unspecified atom stereocenters. The van der Waals surface area contributed by atoms with Gasteiger partial charge in [-0.2, -0.15) is 0 Å². The van der Waals surface area contributed by atoms with Gasteiger partial charge in [0.2, 0.25) is 5.91 Å². The number of urea groups is 1. The normalized spacial score (nSPS) is 13.2. The zero-order chi connectivity index (χ0) is 19.1. The third-order valence-corrected chi connectivity index (χ3v) is 4.07. The molecule has 1 aromatic carbocycles. The first-order valence-corrected chi connectivity index (χ1v) is 8.74. The van der Waals surface area contributed by atoms with Gasteiger partial charge >= 0.3 is 6.03 Å². The van der Waals surface area contributed by atoms with Crippen molar-refractivity contribution in [2.24, 2.45) is 17.6 Å². The molecule has 25 heavy (non-hydrogen) atoms. The van der Waals surface area contributed by atoms with E-state index in [1.54, 1.807) is 13.0 Å². The van der Waals surface area contributed by atoms with Crippen molar-refractivity contribution in [2.45, 2.75) is 39.7 Å². The highest BCUT2D eigenvalue weighted by atomic mass is 79.9. The average molecular weight is 416 g/mol. The number of carbonyl (C=O) groups is 3. The van der Waals surface area contributed by atoms with Crippen LogP contribution in [0.15, 0.2) is 22.7 Å². The number of carbonyl (C=O) groups excluding carboxylic acids is 3. The van der Waals surface area contributed by atoms with E-state index in [-0.39, 0.29) is 23.8 Å². The number of rotatable bonds is 8. The number of nitrogens with two attached hydrogens (primary N) is 1. The minimum Gasteiger partial charge on any atom is -0.369 e. The van der Waals surface area contributed by atoms with Gasteiger partial charge in [-0.25, -0.2) is 9.18 Å². The van der Waals surface area contributed by atoms with Gasteiger partial charge in [0.1, 0.15) is 5.82 Å². The van der Waals surface area contributed by atoms with E-state index in [1.807, 2.05) is 13.8 Å². The van der Waals surface area contributed by atoms with Gasteiger partial charge in [-0.1, -0.05) is 36.7 Å². The molecule has 1 rings (SSSR count). The summed E-state index contributed by atoms with van der Waals surface area (Å²) < 4.78 is 14.3. The van der Waals surface area contributed by atoms with Crippen LogP contribution < -0.4 is 16.4 Å². The highest BCUT2D eigenvalue weighted by Gasteiger charge is 2.25. The van der Waals surface area contributed by atoms with Crippen molar-refractivity contribution in [1.82, 2.24) is 5.32 Å². The lowest BCUT2D eigenvalue weighted by molar-refractivity contribution is -0.127. The number of Topliss-reactive ketones (excluding diaryl/α,β-unsaturated/α-hetero) is 1. The summed E-state index contributed by atoms with van der Waals surface area (Å²) >= 11 is 3.13. The lowest BCUT2D eigenvalue weighted by Crippen LogP contribution is -2.44. The van der Waals surface area contributed by atoms with Crippen molar-refractivity contribution in [3.05, 3.63) is 28.5 Å². The summed E-state index contributed by atoms with van der Waals surface area (Å²) in [7, 11) is 0. The summed E-state index contributed by atoms with van der Waals surface area (Å²) in [5.41, 5.74) is 5.18. The average Bonchev–Trinajstić information content (AvgIpc) is 2.48. The second-order valence-electron chi connectivity index (χ2n) is 6.38. The molecule has 0 aliphatic carbocycles. The Morgan fingerprint density at radius 1 is 1.24 bits per heavy atom. The van der Waals surface area contributed by atoms with Crippen LogP contribution in [0.1, 0.15) is 33.6 Å². The van der Waals surface area contributed by atoms with Crippen LogP contribution in [0.4, 0.5) is 14.9 Å². The van der Waals surface area contributed by atoms with Crippen LogP contribution in [-0.4, -0.2) is 23.8 Å². The summed E-state index contributed by atoms with van der Waals surface area (Å²) in [4.78, 5) is 35.6. The Morgan fingerprint density at radius 3 is 2.40 bits per heavy atom. The first-order valence-electron chi connectivity index (χ1n) is 7.94. The van der Waals surface area contributed by atoms with Crippen LogP contribution in [-0.2, 0) is 9.59 Å². The third-order valence-electron chi connectivity index (χ3n) is 3.57. The van der Waals surface area contributed by atoms with Gasteiger partial charge in [-0.3, -0.25) is 9.59 Å². The highest BCUT2D eigenvalue weighted by Crippen LogP contribution is 2.19. The largest absolute Gasteiger partial charge is 0.369 e. The second-order valence-corrected chi connectivity index (χ2v) is 7.29. The molecule has 0 saturated heterocycles. The molecule has 0 radical (unpaired) electrons. The summed E-state index contributed by atoms with van der Waals surface area (Å²) in [6.07, 6.45) is 0.347. The minimum absolute atomic E-state index is 0.00181. The Balaban J connectivity index is 2.77. The predicted octanol–water partition coefficient (Wildman–Crippen LogP) is 3.21. The van der Waals surface area contributed by atoms with Crippen LogP contribution in [0, 0.1) is 17.7 Å². The number of benzene rings is 1. The maximum absolute atomic E-state index is 13.8. The van der Waals surface area contributed by atoms with Crippen LogP contribution in [0.3, 0.4) is 0 Å². The Morgan fingerprint density at radius 2 is 1.88 bits per heavy atom. The number of halogens is 2. The van der Waals surface area contributed by atoms with Crippen molar-refractivity contribution < 1.29 is 18.8 Å². The Labute approximate surface area is 154 Å². The number of primary amides is 1. The monoisotopic (exact) mass is 415 g/mol. The Kier molecular flexibility index (Phi) is 8.02. The molecule has 0 saturated carbocycles. The van der Waals surface area contributed by atoms with Gasteiger partial charge in [0.25, 0.3) is 0 Å². The fraction of sp³-hybridized carbons (Fsp3) is 0.471. The molecule has 8 heteroatoms. The second kappa shape index (κ2) is 9.50. The summed E-state index contributed by atoms with van der Waals surface area (Å²) in [5.74, 6) is -1.93. The van der Waals surface area contributed by atoms with Crippen molar-refractivity contribution >= 4 is 39.3 Å². The quantitative estimate of drug-likeness (QED) is 0.607. The number of ketones is 1. The first-order chi connectivity index (χ1) is 11.6. The van der Waals surface area contributed by atoms with Gasteiger partial charge in [-0.15, -0.1) is 0 Å². The zero-order valence-corrected chi connectivity index (χ0v) is 16.0. The van der Waals surface area contributed by atoms with E-state index < -0.39 is 29.7 Å². The van der Waals surface area contributed by atoms with E-state index in [4.69, 9.17) is 5.73 Å². The number of hydrogen-bond acceptors (Lipinski definition) is 3. The van der Waals surface area contributed by atoms with Crippen molar-refractivity contribution in [3.63, 3.8) is 0 Å². The summed E-state index contributed by atoms with van der Waals surface area (Å²) in [5, 5.41) is 4.94. The SMILES string of the molecule is CC(C)C[C@H](NC(=O)Nc1ccc(Br)cc1F)C(=O)C[C@@H](C)C(N)=O. The van der Waals surface area contributed by atoms with E-state index in [9.17, 15) is 18.8 Å². The molecule has 0 aromatic heterocycles. The van der Waals surface area contributed by atoms with Crippen LogP contribution in [0.25, 0.3) is 0 Å². The smallest absolute Gasteiger partial charge is 0.319 e. The fourth-order valence-corrected chi connectivity index (χ4v) is 2.53. The molecule has 138 valence electrons. The molecular weight excluding hydrogens is 393 g/mol. The Bertz CT molecular complexity index is 652. The molecule has 6 nitrogen and oxygen atoms in total. The zero-order valence-electron chi connectivity index (χ0n) is 14.4. The molecule has 0 aliphatic rings. The van der Waals surface area contributed by atoms with E-state index in [1.165, 1.54) is 12.1 Å². The number of nitrogens with one attached hydrogen (secondary N) is 2. The molecule has 1 aromatic rings. The van der Waals surface area contributed by atoms with Gasteiger partial charge in [0.15, 0.2) is 5.78 Å². The van der Waals surface area contributed by atoms with Crippen molar-refractivity contribution in [1.29, 1.82) is 0 Å². The minimum atomic E-state index is -0.777. The topological polar surface area (TPSA) is 101 Å². The maximum Gasteiger partial charge on any atom is 0.319 e. The molecular formula is C17H23BrFN3O3. The molecule has 0 spiro atoms. The first kappa shape index (κ1) is 21.1. The molecule has 0 heterocycles. The summed E-state index contributed by atoms with van der Waals surface area (Å²) in [6.45, 7) is 5.38. The van der Waals surface area contributed by atoms with E-state index in [0.717, 1.165) is 0 Å². The van der Waals surface area contributed by atoms with E-state index in [2.05, 4.69) is 26.6 Å². The highest BCUT2D eigenvalue weighted by molar-refractivity contribution is 9.10.